The Balaban J connectivity index is 0.657. The van der Waals surface area contributed by atoms with E-state index in [4.69, 9.17) is 102 Å². The van der Waals surface area contributed by atoms with Gasteiger partial charge in [-0.25, -0.2) is 19.7 Å². The lowest BCUT2D eigenvalue weighted by Crippen LogP contribution is -2.54. The van der Waals surface area contributed by atoms with Gasteiger partial charge >= 0.3 is 6.03 Å². The van der Waals surface area contributed by atoms with Crippen molar-refractivity contribution in [3.8, 4) is 17.6 Å². The molecule has 0 atom stereocenters. The molecule has 0 aliphatic carbocycles. The zero-order chi connectivity index (χ0) is 92.8. The van der Waals surface area contributed by atoms with Crippen LogP contribution in [0.1, 0.15) is 105 Å². The number of aromatic amines is 3. The first-order chi connectivity index (χ1) is 64.7. The topological polar surface area (TPSA) is 565 Å². The van der Waals surface area contributed by atoms with Crippen molar-refractivity contribution in [2.24, 2.45) is 0 Å². The standard InChI is InChI=1S/C88H129N21O23/c1-2-3-4-5-71(110)92-24-29-115-34-39-120-43-38-119-33-28-96-87(114)109-88(21-18-72(111)93-25-30-116-35-40-121-44-47-124-50-53-127-56-65-6-12-68(13-7-65)59-130-81-75-78(100-62-97-75)103-84(89)106-81,22-19-73(112)94-26-31-117-36-41-122-45-48-125-51-54-128-57-66-8-14-69(15-9-66)60-131-82-76-79(101-63-98-76)104-85(90)107-82)23-20-74(113)95-27-32-118-37-42-123-46-49-126-52-55-129-58-67-10-16-70(17-11-67)61-132-83-77-80(102-64-99-77)105-86(91)108-83/h6-17,62-64H,2-5,18-61H2,1H3,(H,92,110)(H,93,111)(H,94,112)(H,95,113)(H2,96,109,114)(H3,89,97,100,103,106)(H3,90,98,101,104,107)(H3,91,99,102,105,108). The lowest BCUT2D eigenvalue weighted by molar-refractivity contribution is -0.123. The van der Waals surface area contributed by atoms with Crippen LogP contribution >= 0.6 is 0 Å². The van der Waals surface area contributed by atoms with E-state index in [0.717, 1.165) is 52.6 Å². The number of fused-ring (bicyclic) bond motifs is 3. The molecule has 0 spiro atoms. The molecule has 3 aromatic carbocycles. The number of hydrogen-bond donors (Lipinski definition) is 12. The summed E-state index contributed by atoms with van der Waals surface area (Å²) in [6.45, 7) is 13.4. The molecule has 6 amide bonds. The van der Waals surface area contributed by atoms with Crippen molar-refractivity contribution in [1.82, 2.24) is 91.7 Å². The van der Waals surface area contributed by atoms with E-state index in [1.807, 2.05) is 72.8 Å². The Bertz CT molecular complexity index is 4280. The Kier molecular flexibility index (Phi) is 50.3. The summed E-state index contributed by atoms with van der Waals surface area (Å²) in [6, 6.07) is 22.9. The number of nitrogens with one attached hydrogen (secondary N) is 9. The molecule has 44 nitrogen and oxygen atoms in total. The van der Waals surface area contributed by atoms with Crippen LogP contribution in [-0.2, 0) is 130 Å². The Morgan fingerprint density at radius 2 is 0.530 bits per heavy atom. The normalized spacial score (nSPS) is 11.6. The third kappa shape index (κ3) is 43.4. The quantitative estimate of drug-likeness (QED) is 0.0229. The summed E-state index contributed by atoms with van der Waals surface area (Å²) in [7, 11) is 0. The lowest BCUT2D eigenvalue weighted by atomic mass is 9.83. The van der Waals surface area contributed by atoms with Gasteiger partial charge in [-0.15, -0.1) is 0 Å². The average Bonchev–Trinajstić information content (AvgIpc) is 1.63. The summed E-state index contributed by atoms with van der Waals surface area (Å²) in [5.74, 6) is 0.151. The summed E-state index contributed by atoms with van der Waals surface area (Å²) < 4.78 is 103. The third-order valence-corrected chi connectivity index (χ3v) is 19.6. The first-order valence-corrected chi connectivity index (χ1v) is 44.6. The Morgan fingerprint density at radius 1 is 0.295 bits per heavy atom. The molecule has 6 aromatic heterocycles. The van der Waals surface area contributed by atoms with Gasteiger partial charge in [0, 0.05) is 63.9 Å². The van der Waals surface area contributed by atoms with Crippen molar-refractivity contribution in [3.05, 3.63) is 125 Å². The smallest absolute Gasteiger partial charge is 0.315 e. The minimum absolute atomic E-state index is 0.0127. The summed E-state index contributed by atoms with van der Waals surface area (Å²) in [4.78, 5) is 113. The molecule has 0 saturated carbocycles. The molecule has 132 heavy (non-hydrogen) atoms. The lowest BCUT2D eigenvalue weighted by Gasteiger charge is -2.35. The highest BCUT2D eigenvalue weighted by Crippen LogP contribution is 2.28. The van der Waals surface area contributed by atoms with Crippen molar-refractivity contribution in [2.75, 3.05) is 228 Å². The molecule has 9 aromatic rings. The second-order valence-corrected chi connectivity index (χ2v) is 29.8. The first kappa shape index (κ1) is 104. The number of nitrogens with zero attached hydrogens (tertiary/aromatic N) is 9. The highest BCUT2D eigenvalue weighted by molar-refractivity contribution is 5.81. The number of urea groups is 1. The number of benzene rings is 3. The molecule has 0 saturated heterocycles. The molecule has 9 rings (SSSR count). The highest BCUT2D eigenvalue weighted by atomic mass is 16.6. The number of nitrogen functional groups attached to an aromatic ring is 3. The molecule has 0 fully saturated rings. The maximum atomic E-state index is 14.0. The van der Waals surface area contributed by atoms with Crippen molar-refractivity contribution in [2.45, 2.75) is 116 Å². The average molecular weight is 1850 g/mol. The second-order valence-electron chi connectivity index (χ2n) is 29.8. The van der Waals surface area contributed by atoms with Gasteiger partial charge in [0.05, 0.1) is 217 Å². The number of amides is 6. The molecule has 44 heteroatoms. The van der Waals surface area contributed by atoms with Crippen LogP contribution in [0.3, 0.4) is 0 Å². The number of nitrogens with two attached hydrogens (primary N) is 3. The zero-order valence-corrected chi connectivity index (χ0v) is 75.2. The monoisotopic (exact) mass is 1850 g/mol. The van der Waals surface area contributed by atoms with Gasteiger partial charge in [0.15, 0.2) is 33.5 Å². The molecule has 6 heterocycles. The molecule has 0 unspecified atom stereocenters. The largest absolute Gasteiger partial charge is 0.471 e. The van der Waals surface area contributed by atoms with E-state index in [2.05, 4.69) is 98.6 Å². The van der Waals surface area contributed by atoms with Crippen LogP contribution < -0.4 is 63.3 Å². The molecule has 15 N–H and O–H groups in total. The summed E-state index contributed by atoms with van der Waals surface area (Å²) in [6.07, 6.45) is 7.86. The Hall–Kier alpha value is -11.3. The van der Waals surface area contributed by atoms with E-state index in [1.54, 1.807) is 0 Å². The fourth-order valence-corrected chi connectivity index (χ4v) is 12.6. The molecule has 0 aliphatic heterocycles. The summed E-state index contributed by atoms with van der Waals surface area (Å²) in [5, 5.41) is 17.4. The summed E-state index contributed by atoms with van der Waals surface area (Å²) >= 11 is 0. The number of anilines is 3. The Labute approximate surface area is 766 Å². The molecule has 724 valence electrons. The minimum Gasteiger partial charge on any atom is -0.471 e. The number of H-pyrrole nitrogens is 3. The first-order valence-electron chi connectivity index (χ1n) is 44.6. The molecule has 0 aliphatic rings. The van der Waals surface area contributed by atoms with Crippen molar-refractivity contribution >= 4 is 81.0 Å². The highest BCUT2D eigenvalue weighted by Gasteiger charge is 2.34. The van der Waals surface area contributed by atoms with Crippen molar-refractivity contribution in [3.63, 3.8) is 0 Å². The Morgan fingerprint density at radius 3 is 0.795 bits per heavy atom. The minimum atomic E-state index is -1.25. The van der Waals surface area contributed by atoms with Crippen molar-refractivity contribution < 1.29 is 109 Å². The predicted molar refractivity (Wildman–Crippen MR) is 483 cm³/mol. The van der Waals surface area contributed by atoms with Gasteiger partial charge in [0.1, 0.15) is 19.8 Å². The van der Waals surface area contributed by atoms with Gasteiger partial charge < -0.3 is 149 Å². The van der Waals surface area contributed by atoms with Crippen LogP contribution in [0.15, 0.2) is 91.8 Å². The van der Waals surface area contributed by atoms with E-state index < -0.39 is 11.6 Å². The van der Waals surface area contributed by atoms with Crippen LogP contribution in [0.4, 0.5) is 22.6 Å². The van der Waals surface area contributed by atoms with Gasteiger partial charge in [-0.2, -0.15) is 29.9 Å². The number of carbonyl (C=O) groups excluding carboxylic acids is 5. The maximum Gasteiger partial charge on any atom is 0.315 e. The van der Waals surface area contributed by atoms with Crippen molar-refractivity contribution in [1.29, 1.82) is 0 Å². The fraction of sp³-hybridized carbons (Fsp3) is 0.568. The third-order valence-electron chi connectivity index (χ3n) is 19.6. The number of aromatic nitrogens is 12. The van der Waals surface area contributed by atoms with E-state index in [9.17, 15) is 24.0 Å². The molecule has 0 bridgehead atoms. The zero-order valence-electron chi connectivity index (χ0n) is 75.2. The molecule has 0 radical (unpaired) electrons. The van der Waals surface area contributed by atoms with Gasteiger partial charge in [0.25, 0.3) is 0 Å². The van der Waals surface area contributed by atoms with E-state index in [-0.39, 0.29) is 185 Å². The van der Waals surface area contributed by atoms with Gasteiger partial charge in [-0.3, -0.25) is 19.2 Å². The van der Waals surface area contributed by atoms with Crippen LogP contribution in [0.25, 0.3) is 33.5 Å². The van der Waals surface area contributed by atoms with E-state index >= 15 is 0 Å². The number of imidazole rings is 3. The number of rotatable bonds is 77. The SMILES string of the molecule is CCCCCC(=O)NCCOCCOCCOCCNC(=O)NC(CCC(=O)NCCOCCOCCOCCOCc1ccc(COc2nc(N)nc3[nH]cnc23)cc1)(CCC(=O)NCCOCCOCCOCCOCc1ccc(COc2nc(N)nc3[nH]cnc23)cc1)CCC(=O)NCCOCCOCCOCCOCc1ccc(COc2nc(N)nc3[nH]cnc23)cc1. The number of ether oxygens (including phenoxy) is 18. The van der Waals surface area contributed by atoms with E-state index in [1.165, 1.54) is 19.0 Å². The summed E-state index contributed by atoms with van der Waals surface area (Å²) in [5.41, 5.74) is 24.9. The van der Waals surface area contributed by atoms with Crippen LogP contribution in [0.5, 0.6) is 17.6 Å². The number of hydrogen-bond acceptors (Lipinski definition) is 35. The number of carbonyl (C=O) groups is 5. The molecular formula is C88H129N21O23. The van der Waals surface area contributed by atoms with Gasteiger partial charge in [0.2, 0.25) is 59.1 Å². The second kappa shape index (κ2) is 63.7. The van der Waals surface area contributed by atoms with Gasteiger partial charge in [-0.05, 0) is 59.1 Å². The maximum absolute atomic E-state index is 14.0. The van der Waals surface area contributed by atoms with Crippen LogP contribution in [0.2, 0.25) is 0 Å². The number of unbranched alkanes of at least 4 members (excludes halogenated alkanes) is 2. The van der Waals surface area contributed by atoms with Gasteiger partial charge in [-0.1, -0.05) is 92.6 Å². The van der Waals surface area contributed by atoms with Crippen LogP contribution in [0, 0.1) is 0 Å². The molecular weight excluding hydrogens is 1720 g/mol. The van der Waals surface area contributed by atoms with Crippen LogP contribution in [-0.4, -0.2) is 306 Å². The predicted octanol–water partition coefficient (Wildman–Crippen LogP) is 4.74. The van der Waals surface area contributed by atoms with E-state index in [0.29, 0.717) is 203 Å². The fourth-order valence-electron chi connectivity index (χ4n) is 12.6.